The molecule has 80 valence electrons. The summed E-state index contributed by atoms with van der Waals surface area (Å²) < 4.78 is 4.14. The van der Waals surface area contributed by atoms with Crippen molar-refractivity contribution in [2.24, 2.45) is 5.92 Å². The number of aromatic nitrogens is 1. The van der Waals surface area contributed by atoms with Gasteiger partial charge in [-0.3, -0.25) is 4.79 Å². The van der Waals surface area contributed by atoms with Gasteiger partial charge in [0.2, 0.25) is 0 Å². The van der Waals surface area contributed by atoms with Crippen molar-refractivity contribution in [2.45, 2.75) is 33.1 Å². The van der Waals surface area contributed by atoms with Crippen molar-refractivity contribution in [1.29, 1.82) is 0 Å². The minimum Gasteiger partial charge on any atom is -0.288 e. The fourth-order valence-electron chi connectivity index (χ4n) is 1.80. The van der Waals surface area contributed by atoms with Crippen molar-refractivity contribution in [1.82, 2.24) is 4.37 Å². The lowest BCUT2D eigenvalue weighted by Crippen LogP contribution is -2.08. The van der Waals surface area contributed by atoms with Gasteiger partial charge in [0.1, 0.15) is 0 Å². The predicted molar refractivity (Wildman–Crippen MR) is 62.3 cm³/mol. The summed E-state index contributed by atoms with van der Waals surface area (Å²) in [6.07, 6.45) is 5.21. The van der Waals surface area contributed by atoms with Gasteiger partial charge >= 0.3 is 0 Å². The average molecular weight is 221 g/mol. The van der Waals surface area contributed by atoms with Crippen LogP contribution in [0.1, 0.15) is 41.6 Å². The van der Waals surface area contributed by atoms with Crippen LogP contribution >= 0.6 is 11.5 Å². The highest BCUT2D eigenvalue weighted by Gasteiger charge is 2.18. The van der Waals surface area contributed by atoms with Crippen LogP contribution in [0.5, 0.6) is 0 Å². The molecule has 15 heavy (non-hydrogen) atoms. The summed E-state index contributed by atoms with van der Waals surface area (Å²) in [5.41, 5.74) is 1.92. The van der Waals surface area contributed by atoms with Gasteiger partial charge in [-0.15, -0.1) is 0 Å². The normalized spacial score (nSPS) is 21.2. The predicted octanol–water partition coefficient (Wildman–Crippen LogP) is 3.38. The van der Waals surface area contributed by atoms with Gasteiger partial charge < -0.3 is 0 Å². The molecule has 2 rings (SSSR count). The summed E-state index contributed by atoms with van der Waals surface area (Å²) in [5.74, 6) is 0.914. The molecule has 1 heterocycles. The third-order valence-corrected chi connectivity index (χ3v) is 3.70. The van der Waals surface area contributed by atoms with Gasteiger partial charge in [0.15, 0.2) is 5.78 Å². The molecule has 0 aromatic carbocycles. The Bertz CT molecular complexity index is 406. The Morgan fingerprint density at radius 2 is 2.40 bits per heavy atom. The van der Waals surface area contributed by atoms with E-state index in [2.05, 4.69) is 17.4 Å². The minimum absolute atomic E-state index is 0.188. The van der Waals surface area contributed by atoms with E-state index in [-0.39, 0.29) is 5.78 Å². The van der Waals surface area contributed by atoms with E-state index in [9.17, 15) is 4.79 Å². The molecule has 0 spiro atoms. The molecule has 0 saturated heterocycles. The minimum atomic E-state index is 0.188. The fraction of sp³-hybridized carbons (Fsp3) is 0.500. The zero-order chi connectivity index (χ0) is 10.8. The van der Waals surface area contributed by atoms with Crippen LogP contribution in [0.15, 0.2) is 17.7 Å². The van der Waals surface area contributed by atoms with Crippen molar-refractivity contribution in [3.8, 4) is 0 Å². The van der Waals surface area contributed by atoms with Crippen LogP contribution in [0.25, 0.3) is 0 Å². The summed E-state index contributed by atoms with van der Waals surface area (Å²) in [4.78, 5) is 12.8. The summed E-state index contributed by atoms with van der Waals surface area (Å²) in [5, 5.41) is 0. The lowest BCUT2D eigenvalue weighted by Gasteiger charge is -2.16. The van der Waals surface area contributed by atoms with Gasteiger partial charge in [0.25, 0.3) is 0 Å². The number of carbonyl (C=O) groups is 1. The van der Waals surface area contributed by atoms with Crippen molar-refractivity contribution in [2.75, 3.05) is 0 Å². The standard InChI is InChI=1S/C12H15NOS/c1-8-3-5-10(6-4-8)12(14)11-7-9(2)13-15-11/h5,7-8H,3-4,6H2,1-2H3. The topological polar surface area (TPSA) is 30.0 Å². The molecular formula is C12H15NOS. The number of allylic oxidation sites excluding steroid dienone is 2. The van der Waals surface area contributed by atoms with Gasteiger partial charge in [-0.05, 0) is 55.3 Å². The zero-order valence-electron chi connectivity index (χ0n) is 9.12. The first-order chi connectivity index (χ1) is 7.16. The summed E-state index contributed by atoms with van der Waals surface area (Å²) >= 11 is 1.31. The van der Waals surface area contributed by atoms with Crippen molar-refractivity contribution in [3.05, 3.63) is 28.3 Å². The Hall–Kier alpha value is -0.960. The van der Waals surface area contributed by atoms with Crippen molar-refractivity contribution >= 4 is 17.3 Å². The van der Waals surface area contributed by atoms with Gasteiger partial charge in [0, 0.05) is 0 Å². The first kappa shape index (κ1) is 10.6. The Labute approximate surface area is 94.2 Å². The number of nitrogens with zero attached hydrogens (tertiary/aromatic N) is 1. The SMILES string of the molecule is Cc1cc(C(=O)C2=CCC(C)CC2)sn1. The van der Waals surface area contributed by atoms with Crippen LogP contribution in [0.3, 0.4) is 0 Å². The van der Waals surface area contributed by atoms with E-state index in [0.717, 1.165) is 41.3 Å². The second kappa shape index (κ2) is 4.27. The average Bonchev–Trinajstić information content (AvgIpc) is 2.65. The molecule has 0 radical (unpaired) electrons. The molecule has 0 bridgehead atoms. The third kappa shape index (κ3) is 2.34. The largest absolute Gasteiger partial charge is 0.288 e. The summed E-state index contributed by atoms with van der Waals surface area (Å²) in [7, 11) is 0. The van der Waals surface area contributed by atoms with Gasteiger partial charge in [0.05, 0.1) is 10.6 Å². The molecule has 0 amide bonds. The Morgan fingerprint density at radius 3 is 2.93 bits per heavy atom. The lowest BCUT2D eigenvalue weighted by molar-refractivity contribution is 0.103. The Balaban J connectivity index is 2.15. The molecule has 1 aliphatic rings. The molecule has 0 N–H and O–H groups in total. The molecule has 3 heteroatoms. The van der Waals surface area contributed by atoms with Crippen LogP contribution in [0, 0.1) is 12.8 Å². The van der Waals surface area contributed by atoms with E-state index < -0.39 is 0 Å². The molecule has 1 aromatic rings. The van der Waals surface area contributed by atoms with Gasteiger partial charge in [-0.25, -0.2) is 0 Å². The van der Waals surface area contributed by atoms with E-state index in [1.54, 1.807) is 0 Å². The number of hydrogen-bond donors (Lipinski definition) is 0. The highest BCUT2D eigenvalue weighted by Crippen LogP contribution is 2.26. The molecule has 0 aliphatic heterocycles. The smallest absolute Gasteiger partial charge is 0.200 e. The Kier molecular flexibility index (Phi) is 3.00. The molecule has 1 aromatic heterocycles. The fourth-order valence-corrected chi connectivity index (χ4v) is 2.53. The van der Waals surface area contributed by atoms with Gasteiger partial charge in [-0.1, -0.05) is 13.0 Å². The zero-order valence-corrected chi connectivity index (χ0v) is 9.93. The van der Waals surface area contributed by atoms with Crippen LogP contribution in [0.4, 0.5) is 0 Å². The second-order valence-electron chi connectivity index (χ2n) is 4.27. The molecule has 1 aliphatic carbocycles. The second-order valence-corrected chi connectivity index (χ2v) is 5.08. The van der Waals surface area contributed by atoms with E-state index in [1.165, 1.54) is 11.5 Å². The quantitative estimate of drug-likeness (QED) is 0.717. The lowest BCUT2D eigenvalue weighted by atomic mass is 9.89. The van der Waals surface area contributed by atoms with Crippen molar-refractivity contribution in [3.63, 3.8) is 0 Å². The number of aryl methyl sites for hydroxylation is 1. The van der Waals surface area contributed by atoms with Crippen LogP contribution in [-0.4, -0.2) is 10.2 Å². The maximum atomic E-state index is 12.0. The maximum Gasteiger partial charge on any atom is 0.200 e. The van der Waals surface area contributed by atoms with Crippen molar-refractivity contribution < 1.29 is 4.79 Å². The highest BCUT2D eigenvalue weighted by molar-refractivity contribution is 7.08. The number of Topliss-reactive ketones (excluding diaryl/α,β-unsaturated/α-hetero) is 1. The molecule has 2 nitrogen and oxygen atoms in total. The van der Waals surface area contributed by atoms with Crippen LogP contribution in [0.2, 0.25) is 0 Å². The Morgan fingerprint density at radius 1 is 1.60 bits per heavy atom. The molecule has 0 saturated carbocycles. The molecular weight excluding hydrogens is 206 g/mol. The number of ketones is 1. The van der Waals surface area contributed by atoms with E-state index >= 15 is 0 Å². The molecule has 1 atom stereocenters. The first-order valence-electron chi connectivity index (χ1n) is 5.34. The number of hydrogen-bond acceptors (Lipinski definition) is 3. The summed E-state index contributed by atoms with van der Waals surface area (Å²) in [6, 6.07) is 1.88. The van der Waals surface area contributed by atoms with Gasteiger partial charge in [-0.2, -0.15) is 4.37 Å². The van der Waals surface area contributed by atoms with Crippen LogP contribution in [-0.2, 0) is 0 Å². The first-order valence-corrected chi connectivity index (χ1v) is 6.11. The van der Waals surface area contributed by atoms with Crippen LogP contribution < -0.4 is 0 Å². The number of rotatable bonds is 2. The monoisotopic (exact) mass is 221 g/mol. The molecule has 0 fully saturated rings. The van der Waals surface area contributed by atoms with E-state index in [0.29, 0.717) is 0 Å². The third-order valence-electron chi connectivity index (χ3n) is 2.82. The summed E-state index contributed by atoms with van der Waals surface area (Å²) in [6.45, 7) is 4.15. The molecule has 1 unspecified atom stereocenters. The van der Waals surface area contributed by atoms with E-state index in [4.69, 9.17) is 0 Å². The van der Waals surface area contributed by atoms with E-state index in [1.807, 2.05) is 13.0 Å². The maximum absolute atomic E-state index is 12.0. The highest BCUT2D eigenvalue weighted by atomic mass is 32.1. The number of carbonyl (C=O) groups excluding carboxylic acids is 1.